The second-order valence-electron chi connectivity index (χ2n) is 3.89. The van der Waals surface area contributed by atoms with Crippen LogP contribution in [0.15, 0.2) is 24.5 Å². The van der Waals surface area contributed by atoms with Crippen molar-refractivity contribution in [1.82, 2.24) is 9.88 Å². The minimum absolute atomic E-state index is 1.03. The summed E-state index contributed by atoms with van der Waals surface area (Å²) in [5, 5.41) is 0. The summed E-state index contributed by atoms with van der Waals surface area (Å²) in [4.78, 5) is 7.98. The summed E-state index contributed by atoms with van der Waals surface area (Å²) in [5.74, 6) is 0. The number of quaternary nitrogens is 1. The molecule has 0 unspecified atom stereocenters. The van der Waals surface area contributed by atoms with Gasteiger partial charge in [0.1, 0.15) is 0 Å². The maximum atomic E-state index is 4.12. The molecule has 0 bridgehead atoms. The summed E-state index contributed by atoms with van der Waals surface area (Å²) in [6.45, 7) is 5.63. The van der Waals surface area contributed by atoms with Crippen molar-refractivity contribution in [2.75, 3.05) is 26.2 Å². The molecule has 3 nitrogen and oxygen atoms in total. The summed E-state index contributed by atoms with van der Waals surface area (Å²) in [6, 6.07) is 4.13. The molecule has 0 spiro atoms. The van der Waals surface area contributed by atoms with Crippen LogP contribution in [0.3, 0.4) is 0 Å². The van der Waals surface area contributed by atoms with Gasteiger partial charge in [-0.25, -0.2) is 0 Å². The minimum Gasteiger partial charge on any atom is -0.466 e. The number of aromatic nitrogens is 1. The third kappa shape index (κ3) is 2.53. The van der Waals surface area contributed by atoms with E-state index in [4.69, 9.17) is 0 Å². The molecule has 1 saturated heterocycles. The lowest BCUT2D eigenvalue weighted by Gasteiger charge is -2.33. The van der Waals surface area contributed by atoms with Crippen molar-refractivity contribution in [2.45, 2.75) is 6.54 Å². The van der Waals surface area contributed by atoms with Crippen molar-refractivity contribution in [2.24, 2.45) is 0 Å². The molecular formula is C11H17N3. The molecule has 14 heavy (non-hydrogen) atoms. The Morgan fingerprint density at radius 2 is 2.21 bits per heavy atom. The van der Waals surface area contributed by atoms with Crippen LogP contribution in [0.1, 0.15) is 5.56 Å². The van der Waals surface area contributed by atoms with Crippen LogP contribution >= 0.6 is 0 Å². The summed E-state index contributed by atoms with van der Waals surface area (Å²) >= 11 is 0. The smallest absolute Gasteiger partial charge is 0.0660 e. The highest BCUT2D eigenvalue weighted by Crippen LogP contribution is 2.02. The Bertz CT molecular complexity index is 265. The number of hydrogen-bond acceptors (Lipinski definition) is 2. The van der Waals surface area contributed by atoms with E-state index in [1.54, 1.807) is 0 Å². The molecule has 0 aromatic carbocycles. The molecular weight excluding hydrogens is 174 g/mol. The topological polar surface area (TPSA) is 20.6 Å². The predicted molar refractivity (Wildman–Crippen MR) is 55.6 cm³/mol. The van der Waals surface area contributed by atoms with E-state index in [0.29, 0.717) is 0 Å². The van der Waals surface area contributed by atoms with Crippen molar-refractivity contribution in [3.05, 3.63) is 37.1 Å². The number of piperazine rings is 1. The maximum absolute atomic E-state index is 4.12. The molecule has 0 saturated carbocycles. The Morgan fingerprint density at radius 1 is 1.43 bits per heavy atom. The molecule has 1 aromatic rings. The molecule has 0 atom stereocenters. The van der Waals surface area contributed by atoms with Crippen molar-refractivity contribution < 1.29 is 4.90 Å². The van der Waals surface area contributed by atoms with Gasteiger partial charge in [-0.3, -0.25) is 9.88 Å². The first-order valence-electron chi connectivity index (χ1n) is 5.12. The van der Waals surface area contributed by atoms with Gasteiger partial charge < -0.3 is 4.90 Å². The summed E-state index contributed by atoms with van der Waals surface area (Å²) in [6.07, 6.45) is 3.77. The fourth-order valence-corrected chi connectivity index (χ4v) is 1.78. The third-order valence-electron chi connectivity index (χ3n) is 2.69. The lowest BCUT2D eigenvalue weighted by molar-refractivity contribution is -0.858. The Labute approximate surface area is 85.4 Å². The first-order valence-corrected chi connectivity index (χ1v) is 5.12. The molecule has 1 aliphatic heterocycles. The van der Waals surface area contributed by atoms with Crippen LogP contribution in [0.5, 0.6) is 0 Å². The number of pyridine rings is 1. The van der Waals surface area contributed by atoms with E-state index in [2.05, 4.69) is 23.0 Å². The van der Waals surface area contributed by atoms with E-state index in [1.165, 1.54) is 10.5 Å². The molecule has 3 heteroatoms. The van der Waals surface area contributed by atoms with Crippen molar-refractivity contribution in [1.29, 1.82) is 0 Å². The lowest BCUT2D eigenvalue weighted by Crippen LogP contribution is -3.09. The average molecular weight is 191 g/mol. The largest absolute Gasteiger partial charge is 0.466 e. The van der Waals surface area contributed by atoms with Gasteiger partial charge in [0, 0.05) is 32.0 Å². The molecule has 2 heterocycles. The van der Waals surface area contributed by atoms with Crippen molar-refractivity contribution >= 4 is 0 Å². The van der Waals surface area contributed by atoms with E-state index < -0.39 is 0 Å². The van der Waals surface area contributed by atoms with E-state index in [0.717, 1.165) is 32.7 Å². The number of hydrogen-bond donors (Lipinski definition) is 1. The Kier molecular flexibility index (Phi) is 3.11. The van der Waals surface area contributed by atoms with Crippen LogP contribution in [0, 0.1) is 7.05 Å². The lowest BCUT2D eigenvalue weighted by atomic mass is 10.2. The Hall–Kier alpha value is -0.930. The van der Waals surface area contributed by atoms with Crippen LogP contribution < -0.4 is 4.90 Å². The second kappa shape index (κ2) is 4.53. The van der Waals surface area contributed by atoms with Gasteiger partial charge in [-0.15, -0.1) is 0 Å². The molecule has 0 amide bonds. The van der Waals surface area contributed by atoms with Gasteiger partial charge in [-0.1, -0.05) is 6.07 Å². The van der Waals surface area contributed by atoms with Gasteiger partial charge in [0.2, 0.25) is 0 Å². The van der Waals surface area contributed by atoms with Crippen LogP contribution in [0.2, 0.25) is 0 Å². The molecule has 0 radical (unpaired) electrons. The highest BCUT2D eigenvalue weighted by atomic mass is 15.2. The van der Waals surface area contributed by atoms with Gasteiger partial charge in [-0.2, -0.15) is 7.05 Å². The monoisotopic (exact) mass is 191 g/mol. The Balaban J connectivity index is 1.87. The fourth-order valence-electron chi connectivity index (χ4n) is 1.78. The molecule has 76 valence electrons. The van der Waals surface area contributed by atoms with Crippen LogP contribution in [0.4, 0.5) is 0 Å². The van der Waals surface area contributed by atoms with Crippen LogP contribution in [-0.2, 0) is 6.54 Å². The summed E-state index contributed by atoms with van der Waals surface area (Å²) < 4.78 is 0. The molecule has 1 fully saturated rings. The molecule has 1 aliphatic rings. The highest BCUT2D eigenvalue weighted by molar-refractivity contribution is 5.08. The zero-order chi connectivity index (χ0) is 9.80. The van der Waals surface area contributed by atoms with Crippen molar-refractivity contribution in [3.63, 3.8) is 0 Å². The highest BCUT2D eigenvalue weighted by Gasteiger charge is 2.13. The fraction of sp³-hybridized carbons (Fsp3) is 0.455. The number of nitrogens with zero attached hydrogens (tertiary/aromatic N) is 2. The minimum atomic E-state index is 1.03. The Morgan fingerprint density at radius 3 is 2.86 bits per heavy atom. The van der Waals surface area contributed by atoms with Crippen LogP contribution in [-0.4, -0.2) is 36.1 Å². The van der Waals surface area contributed by atoms with E-state index >= 15 is 0 Å². The zero-order valence-corrected chi connectivity index (χ0v) is 8.45. The van der Waals surface area contributed by atoms with Gasteiger partial charge in [0.15, 0.2) is 0 Å². The molecule has 1 aromatic heterocycles. The van der Waals surface area contributed by atoms with E-state index in [1.807, 2.05) is 18.5 Å². The van der Waals surface area contributed by atoms with Crippen LogP contribution in [0.25, 0.3) is 0 Å². The quantitative estimate of drug-likeness (QED) is 0.641. The SMILES string of the molecule is [CH2-][NH+]1CCN(Cc2cccnc2)CC1. The molecule has 0 aliphatic carbocycles. The van der Waals surface area contributed by atoms with Crippen molar-refractivity contribution in [3.8, 4) is 0 Å². The standard InChI is InChI=1S/C11H17N3/c1-13-5-7-14(8-6-13)10-11-3-2-4-12-9-11/h2-4,9,13H,1,5-8,10H2. The third-order valence-corrected chi connectivity index (χ3v) is 2.69. The zero-order valence-electron chi connectivity index (χ0n) is 8.45. The molecule has 2 rings (SSSR count). The second-order valence-corrected chi connectivity index (χ2v) is 3.89. The van der Waals surface area contributed by atoms with Gasteiger partial charge in [0.25, 0.3) is 0 Å². The first-order chi connectivity index (χ1) is 6.84. The van der Waals surface area contributed by atoms with Gasteiger partial charge in [-0.05, 0) is 11.6 Å². The number of nitrogens with one attached hydrogen (secondary N) is 1. The normalized spacial score (nSPS) is 19.8. The summed E-state index contributed by atoms with van der Waals surface area (Å²) in [5.41, 5.74) is 1.31. The average Bonchev–Trinajstić information content (AvgIpc) is 2.23. The number of rotatable bonds is 2. The van der Waals surface area contributed by atoms with E-state index in [-0.39, 0.29) is 0 Å². The van der Waals surface area contributed by atoms with Gasteiger partial charge >= 0.3 is 0 Å². The maximum Gasteiger partial charge on any atom is 0.0660 e. The summed E-state index contributed by atoms with van der Waals surface area (Å²) in [7, 11) is 4.02. The predicted octanol–water partition coefficient (Wildman–Crippen LogP) is -0.426. The van der Waals surface area contributed by atoms with Gasteiger partial charge in [0.05, 0.1) is 13.1 Å². The molecule has 1 N–H and O–H groups in total. The first kappa shape index (κ1) is 9.62. The van der Waals surface area contributed by atoms with E-state index in [9.17, 15) is 0 Å².